The van der Waals surface area contributed by atoms with Gasteiger partial charge in [0.1, 0.15) is 10.0 Å². The van der Waals surface area contributed by atoms with Gasteiger partial charge < -0.3 is 10.6 Å². The number of rotatable bonds is 8. The van der Waals surface area contributed by atoms with Gasteiger partial charge in [-0.05, 0) is 37.3 Å². The van der Waals surface area contributed by atoms with E-state index in [9.17, 15) is 4.79 Å². The number of anilines is 3. The lowest BCUT2D eigenvalue weighted by atomic mass is 10.0. The molecule has 12 heteroatoms. The fourth-order valence-corrected chi connectivity index (χ4v) is 5.64. The fraction of sp³-hybridized carbons (Fsp3) is 0.333. The Morgan fingerprint density at radius 3 is 2.79 bits per heavy atom. The molecule has 4 heterocycles. The smallest absolute Gasteiger partial charge is 0.232 e. The number of nitrogens with zero attached hydrogens (tertiary/aromatic N) is 7. The second kappa shape index (κ2) is 10.0. The van der Waals surface area contributed by atoms with Crippen LogP contribution in [0.25, 0.3) is 0 Å². The quantitative estimate of drug-likeness (QED) is 0.389. The normalized spacial score (nSPS) is 17.7. The van der Waals surface area contributed by atoms with Crippen LogP contribution < -0.4 is 10.6 Å². The van der Waals surface area contributed by atoms with Crippen LogP contribution in [0.4, 0.5) is 16.1 Å². The lowest BCUT2D eigenvalue weighted by Crippen LogP contribution is -2.14. The average molecular weight is 480 g/mol. The summed E-state index contributed by atoms with van der Waals surface area (Å²) in [5, 5.41) is 26.3. The molecule has 2 N–H and O–H groups in total. The Hall–Kier alpha value is -3.38. The molecule has 10 nitrogen and oxygen atoms in total. The number of carbonyl (C=O) groups excluding carboxylic acids is 1. The van der Waals surface area contributed by atoms with Crippen LogP contribution >= 0.6 is 22.7 Å². The van der Waals surface area contributed by atoms with Crippen molar-refractivity contribution in [1.82, 2.24) is 35.3 Å². The first-order chi connectivity index (χ1) is 16.2. The summed E-state index contributed by atoms with van der Waals surface area (Å²) in [7, 11) is 0. The Morgan fingerprint density at radius 2 is 1.94 bits per heavy atom. The molecule has 0 aromatic carbocycles. The number of amides is 1. The van der Waals surface area contributed by atoms with Gasteiger partial charge in [-0.15, -0.1) is 20.4 Å². The minimum Gasteiger partial charge on any atom is -0.313 e. The molecule has 0 radical (unpaired) electrons. The molecule has 1 aliphatic rings. The van der Waals surface area contributed by atoms with E-state index in [4.69, 9.17) is 0 Å². The molecule has 33 heavy (non-hydrogen) atoms. The molecule has 0 spiro atoms. The summed E-state index contributed by atoms with van der Waals surface area (Å²) in [6.07, 6.45) is 10.9. The maximum absolute atomic E-state index is 12.2. The highest BCUT2D eigenvalue weighted by Crippen LogP contribution is 2.41. The molecule has 5 rings (SSSR count). The van der Waals surface area contributed by atoms with E-state index in [0.717, 1.165) is 46.5 Å². The van der Waals surface area contributed by atoms with Crippen molar-refractivity contribution in [2.45, 2.75) is 38.0 Å². The molecule has 168 valence electrons. The van der Waals surface area contributed by atoms with Crippen LogP contribution in [0.5, 0.6) is 0 Å². The minimum atomic E-state index is -0.139. The van der Waals surface area contributed by atoms with Crippen molar-refractivity contribution in [3.63, 3.8) is 0 Å². The second-order valence-electron chi connectivity index (χ2n) is 7.79. The summed E-state index contributed by atoms with van der Waals surface area (Å²) in [5.74, 6) is 1.43. The van der Waals surface area contributed by atoms with Gasteiger partial charge in [-0.2, -0.15) is 0 Å². The first-order valence-electron chi connectivity index (χ1n) is 10.6. The highest BCUT2D eigenvalue weighted by atomic mass is 32.1. The van der Waals surface area contributed by atoms with Crippen LogP contribution in [0.1, 0.15) is 40.9 Å². The summed E-state index contributed by atoms with van der Waals surface area (Å²) < 4.78 is 0. The molecule has 0 aliphatic heterocycles. The number of hydrogen-bond acceptors (Lipinski definition) is 11. The zero-order chi connectivity index (χ0) is 22.5. The van der Waals surface area contributed by atoms with E-state index in [1.165, 1.54) is 11.3 Å². The Balaban J connectivity index is 1.12. The van der Waals surface area contributed by atoms with E-state index < -0.39 is 0 Å². The van der Waals surface area contributed by atoms with Crippen LogP contribution in [0.2, 0.25) is 0 Å². The van der Waals surface area contributed by atoms with Gasteiger partial charge in [-0.1, -0.05) is 28.7 Å². The molecule has 1 aliphatic carbocycles. The number of carbonyl (C=O) groups is 1. The highest BCUT2D eigenvalue weighted by molar-refractivity contribution is 7.15. The highest BCUT2D eigenvalue weighted by Gasteiger charge is 2.29. The Bertz CT molecular complexity index is 1200. The minimum absolute atomic E-state index is 0.139. The summed E-state index contributed by atoms with van der Waals surface area (Å²) in [4.78, 5) is 24.6. The van der Waals surface area contributed by atoms with Crippen molar-refractivity contribution in [2.75, 3.05) is 10.6 Å². The summed E-state index contributed by atoms with van der Waals surface area (Å²) >= 11 is 3.00. The number of aromatic nitrogens is 7. The van der Waals surface area contributed by atoms with Crippen LogP contribution in [0, 0.1) is 5.92 Å². The predicted octanol–water partition coefficient (Wildman–Crippen LogP) is 3.63. The molecule has 1 saturated carbocycles. The lowest BCUT2D eigenvalue weighted by molar-refractivity contribution is -0.115. The third kappa shape index (κ3) is 5.71. The topological polar surface area (TPSA) is 131 Å². The van der Waals surface area contributed by atoms with Crippen LogP contribution in [-0.4, -0.2) is 41.3 Å². The van der Waals surface area contributed by atoms with Gasteiger partial charge in [-0.3, -0.25) is 14.8 Å². The third-order valence-electron chi connectivity index (χ3n) is 5.37. The largest absolute Gasteiger partial charge is 0.313 e. The van der Waals surface area contributed by atoms with Crippen LogP contribution in [-0.2, 0) is 17.6 Å². The number of hydrogen-bond donors (Lipinski definition) is 2. The first kappa shape index (κ1) is 21.5. The Morgan fingerprint density at radius 1 is 1.00 bits per heavy atom. The predicted molar refractivity (Wildman–Crippen MR) is 125 cm³/mol. The van der Waals surface area contributed by atoms with E-state index in [1.807, 2.05) is 18.2 Å². The number of nitrogens with one attached hydrogen (secondary N) is 2. The average Bonchev–Trinajstić information content (AvgIpc) is 3.57. The van der Waals surface area contributed by atoms with Gasteiger partial charge in [0.15, 0.2) is 5.82 Å². The van der Waals surface area contributed by atoms with Gasteiger partial charge in [0, 0.05) is 36.6 Å². The van der Waals surface area contributed by atoms with E-state index in [0.29, 0.717) is 22.8 Å². The third-order valence-corrected chi connectivity index (χ3v) is 7.24. The molecule has 2 atom stereocenters. The van der Waals surface area contributed by atoms with E-state index >= 15 is 0 Å². The fourth-order valence-electron chi connectivity index (χ4n) is 3.87. The lowest BCUT2D eigenvalue weighted by Gasteiger charge is -2.07. The summed E-state index contributed by atoms with van der Waals surface area (Å²) in [5.41, 5.74) is 0.725. The van der Waals surface area contributed by atoms with Gasteiger partial charge >= 0.3 is 0 Å². The van der Waals surface area contributed by atoms with Crippen molar-refractivity contribution in [1.29, 1.82) is 0 Å². The molecular weight excluding hydrogens is 458 g/mol. The monoisotopic (exact) mass is 479 g/mol. The van der Waals surface area contributed by atoms with Crippen molar-refractivity contribution in [3.05, 3.63) is 58.7 Å². The first-order valence-corrected chi connectivity index (χ1v) is 12.2. The van der Waals surface area contributed by atoms with Crippen LogP contribution in [0.3, 0.4) is 0 Å². The molecule has 1 fully saturated rings. The summed E-state index contributed by atoms with van der Waals surface area (Å²) in [6, 6.07) is 5.52. The SMILES string of the molecule is O=C(Cc1ccccn1)Nc1nnc(C[C@@H]2CC[C@H](c3nnc(Nc4cnccn4)s3)C2)s1. The molecule has 4 aromatic heterocycles. The van der Waals surface area contributed by atoms with Crippen LogP contribution in [0.15, 0.2) is 43.0 Å². The maximum Gasteiger partial charge on any atom is 0.232 e. The zero-order valence-corrected chi connectivity index (χ0v) is 19.2. The van der Waals surface area contributed by atoms with Crippen molar-refractivity contribution < 1.29 is 4.79 Å². The van der Waals surface area contributed by atoms with Gasteiger partial charge in [0.05, 0.1) is 12.6 Å². The second-order valence-corrected chi connectivity index (χ2v) is 9.86. The standard InChI is InChI=1S/C21H21N9OS2/c31-17(11-15-3-1-2-6-23-15)26-21-29-27-18(32-21)10-13-4-5-14(9-13)19-28-30-20(33-19)25-16-12-22-7-8-24-16/h1-3,6-8,12-14H,4-5,9-11H2,(H,24,25,30)(H,26,29,31)/t13-,14+/m1/s1. The molecule has 0 saturated heterocycles. The van der Waals surface area contributed by atoms with Gasteiger partial charge in [-0.25, -0.2) is 4.98 Å². The van der Waals surface area contributed by atoms with E-state index in [1.54, 1.807) is 36.1 Å². The van der Waals surface area contributed by atoms with Crippen molar-refractivity contribution >= 4 is 44.7 Å². The van der Waals surface area contributed by atoms with Gasteiger partial charge in [0.2, 0.25) is 16.2 Å². The molecule has 4 aromatic rings. The maximum atomic E-state index is 12.2. The zero-order valence-electron chi connectivity index (χ0n) is 17.6. The van der Waals surface area contributed by atoms with Crippen molar-refractivity contribution in [2.24, 2.45) is 5.92 Å². The molecular formula is C21H21N9OS2. The van der Waals surface area contributed by atoms with Crippen molar-refractivity contribution in [3.8, 4) is 0 Å². The van der Waals surface area contributed by atoms with E-state index in [2.05, 4.69) is 46.0 Å². The van der Waals surface area contributed by atoms with Gasteiger partial charge in [0.25, 0.3) is 0 Å². The Labute approximate surface area is 198 Å². The Kier molecular flexibility index (Phi) is 6.53. The number of pyridine rings is 1. The molecule has 0 unspecified atom stereocenters. The summed E-state index contributed by atoms with van der Waals surface area (Å²) in [6.45, 7) is 0. The molecule has 1 amide bonds. The molecule has 0 bridgehead atoms. The van der Waals surface area contributed by atoms with E-state index in [-0.39, 0.29) is 12.3 Å².